The Morgan fingerprint density at radius 2 is 0.947 bits per heavy atom. The fourth-order valence-electron chi connectivity index (χ4n) is 7.64. The second-order valence-electron chi connectivity index (χ2n) is 15.7. The molecule has 0 radical (unpaired) electrons. The molecule has 6 aromatic heterocycles. The molecule has 0 atom stereocenters. The van der Waals surface area contributed by atoms with Crippen LogP contribution in [0.4, 0.5) is 43.9 Å². The lowest BCUT2D eigenvalue weighted by atomic mass is 10.1. The third-order valence-electron chi connectivity index (χ3n) is 11.1. The molecule has 23 heteroatoms. The van der Waals surface area contributed by atoms with Crippen molar-refractivity contribution in [2.24, 2.45) is 0 Å². The van der Waals surface area contributed by atoms with Gasteiger partial charge in [0.15, 0.2) is 0 Å². The minimum atomic E-state index is -4.71. The van der Waals surface area contributed by atoms with Gasteiger partial charge in [-0.25, -0.2) is 27.5 Å². The van der Waals surface area contributed by atoms with Crippen LogP contribution >= 0.6 is 0 Å². The molecule has 75 heavy (non-hydrogen) atoms. The van der Waals surface area contributed by atoms with Gasteiger partial charge in [-0.05, 0) is 109 Å². The average Bonchev–Trinajstić information content (AvgIpc) is 3.39. The number of aldehydes is 1. The molecule has 0 amide bonds. The molecule has 0 N–H and O–H groups in total. The van der Waals surface area contributed by atoms with Crippen LogP contribution in [-0.2, 0) is 12.4 Å². The SMILES string of the molecule is O=Cc1ccc(-c2ncccc2-n2cnc(=O)c3cc(Oc4ncccc4C(F)(F)F)ccc32)c(F)c1.O=c1ncn(-c2cccnc2-c2ccc(C(F)F)cc2F)c2ccc(Oc3ncccc3C(F)(F)F)cc12. The molecule has 376 valence electrons. The summed E-state index contributed by atoms with van der Waals surface area (Å²) in [7, 11) is 0. The van der Waals surface area contributed by atoms with E-state index in [1.807, 2.05) is 0 Å². The van der Waals surface area contributed by atoms with Gasteiger partial charge in [0.25, 0.3) is 17.5 Å². The van der Waals surface area contributed by atoms with E-state index in [-0.39, 0.29) is 61.6 Å². The first-order valence-electron chi connectivity index (χ1n) is 21.6. The molecule has 0 aliphatic rings. The van der Waals surface area contributed by atoms with E-state index in [9.17, 15) is 58.3 Å². The largest absolute Gasteiger partial charge is 0.438 e. The summed E-state index contributed by atoms with van der Waals surface area (Å²) in [5.41, 5.74) is -2.28. The maximum Gasteiger partial charge on any atom is 0.421 e. The maximum atomic E-state index is 14.8. The number of benzene rings is 4. The predicted octanol–water partition coefficient (Wildman–Crippen LogP) is 12.3. The summed E-state index contributed by atoms with van der Waals surface area (Å²) in [6, 6.07) is 25.2. The normalized spacial score (nSPS) is 11.6. The van der Waals surface area contributed by atoms with Gasteiger partial charge in [0.1, 0.15) is 53.2 Å². The molecule has 0 saturated carbocycles. The van der Waals surface area contributed by atoms with Crippen LogP contribution in [0.15, 0.2) is 168 Å². The van der Waals surface area contributed by atoms with Gasteiger partial charge in [-0.15, -0.1) is 0 Å². The number of fused-ring (bicyclic) bond motifs is 2. The number of carbonyl (C=O) groups excluding carboxylic acids is 1. The summed E-state index contributed by atoms with van der Waals surface area (Å²) in [4.78, 5) is 59.6. The van der Waals surface area contributed by atoms with E-state index in [1.54, 1.807) is 24.3 Å². The Kier molecular flexibility index (Phi) is 13.7. The molecule has 0 aliphatic heterocycles. The van der Waals surface area contributed by atoms with Gasteiger partial charge in [-0.3, -0.25) is 33.5 Å². The summed E-state index contributed by atoms with van der Waals surface area (Å²) in [6.45, 7) is 0. The molecule has 4 aromatic carbocycles. The molecule has 13 nitrogen and oxygen atoms in total. The number of ether oxygens (including phenoxy) is 2. The molecule has 0 spiro atoms. The van der Waals surface area contributed by atoms with Crippen LogP contribution in [0.1, 0.15) is 33.5 Å². The molecule has 0 bridgehead atoms. The maximum absolute atomic E-state index is 14.8. The summed E-state index contributed by atoms with van der Waals surface area (Å²) in [5.74, 6) is -3.11. The van der Waals surface area contributed by atoms with Crippen molar-refractivity contribution >= 4 is 28.1 Å². The minimum Gasteiger partial charge on any atom is -0.438 e. The fourth-order valence-corrected chi connectivity index (χ4v) is 7.64. The molecule has 10 rings (SSSR count). The van der Waals surface area contributed by atoms with Crippen LogP contribution in [0.3, 0.4) is 0 Å². The number of alkyl halides is 8. The first-order chi connectivity index (χ1) is 35.9. The Bertz CT molecular complexity index is 3940. The molecule has 6 heterocycles. The number of nitrogens with zero attached hydrogens (tertiary/aromatic N) is 8. The van der Waals surface area contributed by atoms with E-state index in [1.165, 1.54) is 88.8 Å². The quantitative estimate of drug-likeness (QED) is 0.0948. The second kappa shape index (κ2) is 20.4. The first kappa shape index (κ1) is 50.3. The third-order valence-corrected chi connectivity index (χ3v) is 11.1. The topological polar surface area (TPSA) is 157 Å². The van der Waals surface area contributed by atoms with Crippen molar-refractivity contribution in [3.05, 3.63) is 213 Å². The lowest BCUT2D eigenvalue weighted by Gasteiger charge is -2.16. The molecular weight excluding hydrogens is 1010 g/mol. The van der Waals surface area contributed by atoms with Gasteiger partial charge in [0, 0.05) is 47.0 Å². The van der Waals surface area contributed by atoms with Crippen LogP contribution < -0.4 is 20.6 Å². The Morgan fingerprint density at radius 3 is 1.37 bits per heavy atom. The highest BCUT2D eigenvalue weighted by Gasteiger charge is 2.36. The van der Waals surface area contributed by atoms with Gasteiger partial charge in [-0.2, -0.15) is 36.3 Å². The van der Waals surface area contributed by atoms with Crippen molar-refractivity contribution < 1.29 is 58.2 Å². The van der Waals surface area contributed by atoms with Crippen LogP contribution in [0.25, 0.3) is 55.7 Å². The lowest BCUT2D eigenvalue weighted by Crippen LogP contribution is -2.13. The Morgan fingerprint density at radius 1 is 0.507 bits per heavy atom. The summed E-state index contributed by atoms with van der Waals surface area (Å²) < 4.78 is 149. The smallest absolute Gasteiger partial charge is 0.421 e. The first-order valence-corrected chi connectivity index (χ1v) is 21.6. The number of carbonyl (C=O) groups is 1. The van der Waals surface area contributed by atoms with Gasteiger partial charge in [0.2, 0.25) is 11.8 Å². The van der Waals surface area contributed by atoms with E-state index in [4.69, 9.17) is 9.47 Å². The molecule has 10 aromatic rings. The Hall–Kier alpha value is -9.67. The second-order valence-corrected chi connectivity index (χ2v) is 15.7. The zero-order valence-electron chi connectivity index (χ0n) is 37.6. The summed E-state index contributed by atoms with van der Waals surface area (Å²) in [5, 5.41) is 0.0221. The highest BCUT2D eigenvalue weighted by molar-refractivity contribution is 5.85. The van der Waals surface area contributed by atoms with Crippen LogP contribution in [0, 0.1) is 11.6 Å². The Balaban J connectivity index is 0.000000184. The summed E-state index contributed by atoms with van der Waals surface area (Å²) in [6.07, 6.45) is -4.19. The van der Waals surface area contributed by atoms with Crippen molar-refractivity contribution in [2.75, 3.05) is 0 Å². The summed E-state index contributed by atoms with van der Waals surface area (Å²) >= 11 is 0. The number of hydrogen-bond acceptors (Lipinski definition) is 11. The van der Waals surface area contributed by atoms with Crippen molar-refractivity contribution in [3.63, 3.8) is 0 Å². The van der Waals surface area contributed by atoms with E-state index < -0.39 is 70.0 Å². The Labute approximate surface area is 413 Å². The van der Waals surface area contributed by atoms with Gasteiger partial charge in [-0.1, -0.05) is 12.1 Å². The molecule has 0 unspecified atom stereocenters. The van der Waals surface area contributed by atoms with Crippen LogP contribution in [-0.4, -0.2) is 45.3 Å². The molecule has 0 aliphatic carbocycles. The highest BCUT2D eigenvalue weighted by atomic mass is 19.4. The van der Waals surface area contributed by atoms with E-state index in [2.05, 4.69) is 29.9 Å². The number of hydrogen-bond donors (Lipinski definition) is 0. The molecule has 0 fully saturated rings. The van der Waals surface area contributed by atoms with Gasteiger partial charge >= 0.3 is 12.4 Å². The van der Waals surface area contributed by atoms with Crippen LogP contribution in [0.2, 0.25) is 0 Å². The van der Waals surface area contributed by atoms with Gasteiger partial charge < -0.3 is 9.47 Å². The zero-order valence-corrected chi connectivity index (χ0v) is 37.6. The van der Waals surface area contributed by atoms with Crippen molar-refractivity contribution in [1.82, 2.24) is 39.0 Å². The van der Waals surface area contributed by atoms with Crippen molar-refractivity contribution in [3.8, 4) is 57.1 Å². The van der Waals surface area contributed by atoms with E-state index in [0.29, 0.717) is 17.5 Å². The van der Waals surface area contributed by atoms with Gasteiger partial charge in [0.05, 0.1) is 44.6 Å². The van der Waals surface area contributed by atoms with E-state index >= 15 is 0 Å². The number of aromatic nitrogens is 8. The third kappa shape index (κ3) is 10.5. The van der Waals surface area contributed by atoms with E-state index in [0.717, 1.165) is 54.9 Å². The molecular formula is C52H28F10N8O5. The zero-order chi connectivity index (χ0) is 53.2. The monoisotopic (exact) mass is 1030 g/mol. The average molecular weight is 1030 g/mol. The number of rotatable bonds is 10. The standard InChI is InChI=1S/C26H14F6N4O2.C26H14F4N4O3/c27-19-11-14(23(28)29)5-7-16(19)22-21(4-2-9-33-22)36-13-35-24(37)17-12-15(6-8-20(17)36)38-25-18(26(30,31)32)3-1-10-34-25;27-20-11-15(13-35)5-7-17(20)23-22(4-2-9-31-23)34-14-33-24(36)18-12-16(6-8-21(18)34)37-25-19(26(28,29)30)3-1-10-32-25/h1-13,23H;1-14H. The van der Waals surface area contributed by atoms with Crippen LogP contribution in [0.5, 0.6) is 23.3 Å². The van der Waals surface area contributed by atoms with Crippen molar-refractivity contribution in [1.29, 1.82) is 0 Å². The molecule has 0 saturated heterocycles. The number of halogens is 10. The highest BCUT2D eigenvalue weighted by Crippen LogP contribution is 2.39. The number of pyridine rings is 4. The predicted molar refractivity (Wildman–Crippen MR) is 250 cm³/mol. The van der Waals surface area contributed by atoms with Crippen molar-refractivity contribution in [2.45, 2.75) is 18.8 Å². The fraction of sp³-hybridized carbons (Fsp3) is 0.0577. The lowest BCUT2D eigenvalue weighted by molar-refractivity contribution is -0.139. The minimum absolute atomic E-state index is 0.0159.